The Morgan fingerprint density at radius 3 is 1.82 bits per heavy atom. The third kappa shape index (κ3) is 3.20. The highest BCUT2D eigenvalue weighted by molar-refractivity contribution is 5.32. The molecule has 22 heavy (non-hydrogen) atoms. The second-order valence-electron chi connectivity index (χ2n) is 6.09. The smallest absolute Gasteiger partial charge is 0.123 e. The van der Waals surface area contributed by atoms with Gasteiger partial charge in [-0.1, -0.05) is 30.7 Å². The van der Waals surface area contributed by atoms with Crippen molar-refractivity contribution in [3.63, 3.8) is 0 Å². The Kier molecular flexibility index (Phi) is 4.53. The zero-order valence-corrected chi connectivity index (χ0v) is 12.8. The Morgan fingerprint density at radius 2 is 1.36 bits per heavy atom. The minimum absolute atomic E-state index is 0.0523. The molecule has 1 atom stereocenters. The van der Waals surface area contributed by atoms with Crippen LogP contribution in [0.4, 0.5) is 8.78 Å². The molecule has 1 heterocycles. The van der Waals surface area contributed by atoms with Crippen LogP contribution in [0, 0.1) is 11.6 Å². The quantitative estimate of drug-likeness (QED) is 0.777. The highest BCUT2D eigenvalue weighted by Crippen LogP contribution is 2.34. The molecular weight excluding hydrogens is 280 g/mol. The van der Waals surface area contributed by atoms with Gasteiger partial charge in [0, 0.05) is 6.04 Å². The third-order valence-corrected chi connectivity index (χ3v) is 4.56. The lowest BCUT2D eigenvalue weighted by Crippen LogP contribution is -2.40. The number of nitrogens with zero attached hydrogens (tertiary/aromatic N) is 1. The molecule has 0 radical (unpaired) electrons. The molecular formula is C19H21F2N. The summed E-state index contributed by atoms with van der Waals surface area (Å²) in [5.74, 6) is -0.457. The predicted octanol–water partition coefficient (Wildman–Crippen LogP) is 4.93. The number of benzene rings is 2. The Hall–Kier alpha value is -1.74. The molecule has 3 heteroatoms. The maximum Gasteiger partial charge on any atom is 0.123 e. The van der Waals surface area contributed by atoms with Crippen LogP contribution in [0.15, 0.2) is 48.5 Å². The Morgan fingerprint density at radius 1 is 0.864 bits per heavy atom. The molecule has 2 aromatic carbocycles. The first kappa shape index (κ1) is 15.2. The maximum atomic E-state index is 13.3. The summed E-state index contributed by atoms with van der Waals surface area (Å²) in [6.07, 6.45) is 3.58. The second-order valence-corrected chi connectivity index (χ2v) is 6.09. The zero-order valence-electron chi connectivity index (χ0n) is 12.8. The predicted molar refractivity (Wildman–Crippen MR) is 84.7 cm³/mol. The molecule has 0 aliphatic carbocycles. The number of halogens is 2. The van der Waals surface area contributed by atoms with Gasteiger partial charge in [-0.25, -0.2) is 8.78 Å². The van der Waals surface area contributed by atoms with Gasteiger partial charge in [-0.15, -0.1) is 0 Å². The van der Waals surface area contributed by atoms with E-state index in [-0.39, 0.29) is 17.7 Å². The van der Waals surface area contributed by atoms with E-state index in [2.05, 4.69) is 11.8 Å². The van der Waals surface area contributed by atoms with Crippen LogP contribution < -0.4 is 0 Å². The van der Waals surface area contributed by atoms with Crippen molar-refractivity contribution in [2.75, 3.05) is 6.54 Å². The minimum atomic E-state index is -0.228. The van der Waals surface area contributed by atoms with E-state index in [1.807, 2.05) is 24.3 Å². The molecule has 1 fully saturated rings. The Labute approximate surface area is 130 Å². The largest absolute Gasteiger partial charge is 0.290 e. The molecule has 3 rings (SSSR count). The van der Waals surface area contributed by atoms with Gasteiger partial charge in [-0.2, -0.15) is 0 Å². The molecule has 2 aromatic rings. The van der Waals surface area contributed by atoms with Crippen molar-refractivity contribution in [3.05, 3.63) is 71.3 Å². The maximum absolute atomic E-state index is 13.3. The molecule has 0 aromatic heterocycles. The molecule has 0 amide bonds. The van der Waals surface area contributed by atoms with Gasteiger partial charge < -0.3 is 0 Å². The van der Waals surface area contributed by atoms with Crippen LogP contribution in [0.25, 0.3) is 0 Å². The zero-order chi connectivity index (χ0) is 15.5. The van der Waals surface area contributed by atoms with Crippen molar-refractivity contribution in [2.24, 2.45) is 0 Å². The van der Waals surface area contributed by atoms with Crippen molar-refractivity contribution in [1.29, 1.82) is 0 Å². The molecule has 0 spiro atoms. The van der Waals surface area contributed by atoms with Gasteiger partial charge in [0.25, 0.3) is 0 Å². The molecule has 0 unspecified atom stereocenters. The third-order valence-electron chi connectivity index (χ3n) is 4.56. The molecule has 1 saturated heterocycles. The molecule has 116 valence electrons. The molecule has 1 aliphatic rings. The van der Waals surface area contributed by atoms with Crippen LogP contribution in [0.2, 0.25) is 0 Å². The van der Waals surface area contributed by atoms with E-state index < -0.39 is 0 Å². The standard InChI is InChI=1S/C19H21F2N/c1-14-4-2-3-13-22(14)19(15-5-9-17(20)10-6-15)16-7-11-18(21)12-8-16/h5-12,14,19H,2-4,13H2,1H3/t14-/m1/s1. The number of rotatable bonds is 3. The summed E-state index contributed by atoms with van der Waals surface area (Å²) in [5, 5.41) is 0. The van der Waals surface area contributed by atoms with E-state index in [0.717, 1.165) is 17.7 Å². The lowest BCUT2D eigenvalue weighted by molar-refractivity contribution is 0.125. The van der Waals surface area contributed by atoms with Crippen molar-refractivity contribution >= 4 is 0 Å². The van der Waals surface area contributed by atoms with Gasteiger partial charge in [0.05, 0.1) is 6.04 Å². The monoisotopic (exact) mass is 301 g/mol. The van der Waals surface area contributed by atoms with Crippen molar-refractivity contribution in [2.45, 2.75) is 38.3 Å². The van der Waals surface area contributed by atoms with Crippen LogP contribution in [0.3, 0.4) is 0 Å². The lowest BCUT2D eigenvalue weighted by Gasteiger charge is -2.40. The Bertz CT molecular complexity index is 561. The molecule has 0 bridgehead atoms. The molecule has 1 nitrogen and oxygen atoms in total. The second kappa shape index (κ2) is 6.57. The number of hydrogen-bond donors (Lipinski definition) is 0. The van der Waals surface area contributed by atoms with Crippen LogP contribution in [0.5, 0.6) is 0 Å². The highest BCUT2D eigenvalue weighted by atomic mass is 19.1. The van der Waals surface area contributed by atoms with E-state index in [4.69, 9.17) is 0 Å². The van der Waals surface area contributed by atoms with Gasteiger partial charge in [0.15, 0.2) is 0 Å². The topological polar surface area (TPSA) is 3.24 Å². The first-order valence-corrected chi connectivity index (χ1v) is 7.92. The fourth-order valence-corrected chi connectivity index (χ4v) is 3.37. The average molecular weight is 301 g/mol. The average Bonchev–Trinajstić information content (AvgIpc) is 2.53. The summed E-state index contributed by atoms with van der Waals surface area (Å²) < 4.78 is 26.5. The van der Waals surface area contributed by atoms with Crippen LogP contribution in [-0.4, -0.2) is 17.5 Å². The number of hydrogen-bond acceptors (Lipinski definition) is 1. The first-order chi connectivity index (χ1) is 10.6. The minimum Gasteiger partial charge on any atom is -0.290 e. The van der Waals surface area contributed by atoms with E-state index >= 15 is 0 Å². The number of likely N-dealkylation sites (tertiary alicyclic amines) is 1. The summed E-state index contributed by atoms with van der Waals surface area (Å²) in [6, 6.07) is 13.9. The van der Waals surface area contributed by atoms with Gasteiger partial charge in [0.2, 0.25) is 0 Å². The molecule has 0 N–H and O–H groups in total. The summed E-state index contributed by atoms with van der Waals surface area (Å²) in [4.78, 5) is 2.45. The van der Waals surface area contributed by atoms with E-state index in [1.54, 1.807) is 0 Å². The normalized spacial score (nSPS) is 19.5. The van der Waals surface area contributed by atoms with E-state index in [9.17, 15) is 8.78 Å². The van der Waals surface area contributed by atoms with Crippen molar-refractivity contribution in [3.8, 4) is 0 Å². The van der Waals surface area contributed by atoms with Gasteiger partial charge >= 0.3 is 0 Å². The van der Waals surface area contributed by atoms with E-state index in [0.29, 0.717) is 6.04 Å². The van der Waals surface area contributed by atoms with Gasteiger partial charge in [0.1, 0.15) is 11.6 Å². The summed E-state index contributed by atoms with van der Waals surface area (Å²) in [7, 11) is 0. The fraction of sp³-hybridized carbons (Fsp3) is 0.368. The SMILES string of the molecule is C[C@@H]1CCCCN1C(c1ccc(F)cc1)c1ccc(F)cc1. The van der Waals surface area contributed by atoms with E-state index in [1.165, 1.54) is 43.5 Å². The number of piperidine rings is 1. The van der Waals surface area contributed by atoms with Crippen LogP contribution in [-0.2, 0) is 0 Å². The highest BCUT2D eigenvalue weighted by Gasteiger charge is 2.28. The van der Waals surface area contributed by atoms with Gasteiger partial charge in [-0.3, -0.25) is 4.90 Å². The van der Waals surface area contributed by atoms with Crippen molar-refractivity contribution in [1.82, 2.24) is 4.90 Å². The van der Waals surface area contributed by atoms with Crippen molar-refractivity contribution < 1.29 is 8.78 Å². The van der Waals surface area contributed by atoms with Crippen LogP contribution >= 0.6 is 0 Å². The summed E-state index contributed by atoms with van der Waals surface area (Å²) in [5.41, 5.74) is 2.11. The molecule has 0 saturated carbocycles. The summed E-state index contributed by atoms with van der Waals surface area (Å²) in [6.45, 7) is 3.25. The molecule has 1 aliphatic heterocycles. The lowest BCUT2D eigenvalue weighted by atomic mass is 9.92. The first-order valence-electron chi connectivity index (χ1n) is 7.92. The van der Waals surface area contributed by atoms with Crippen LogP contribution in [0.1, 0.15) is 43.4 Å². The Balaban J connectivity index is 2.01. The van der Waals surface area contributed by atoms with Gasteiger partial charge in [-0.05, 0) is 61.7 Å². The fourth-order valence-electron chi connectivity index (χ4n) is 3.37. The summed E-state index contributed by atoms with van der Waals surface area (Å²) >= 11 is 0.